The van der Waals surface area contributed by atoms with Crippen molar-refractivity contribution in [3.8, 4) is 5.75 Å². The number of aliphatic hydroxyl groups is 1. The molecule has 1 amide bonds. The van der Waals surface area contributed by atoms with Gasteiger partial charge in [-0.1, -0.05) is 68.8 Å². The molecule has 0 saturated carbocycles. The van der Waals surface area contributed by atoms with Crippen LogP contribution in [0.3, 0.4) is 0 Å². The lowest BCUT2D eigenvalue weighted by Crippen LogP contribution is -2.30. The molecule has 1 unspecified atom stereocenters. The Morgan fingerprint density at radius 3 is 2.31 bits per heavy atom. The molecule has 1 heterocycles. The summed E-state index contributed by atoms with van der Waals surface area (Å²) in [5, 5.41) is 11.9. The number of anilines is 1. The van der Waals surface area contributed by atoms with E-state index in [1.54, 1.807) is 37.4 Å². The molecular formula is C29H28ClNO4. The summed E-state index contributed by atoms with van der Waals surface area (Å²) in [6.45, 7) is 7.98. The van der Waals surface area contributed by atoms with Crippen molar-refractivity contribution in [2.75, 3.05) is 12.0 Å². The fraction of sp³-hybridized carbons (Fsp3) is 0.241. The van der Waals surface area contributed by atoms with E-state index < -0.39 is 17.7 Å². The van der Waals surface area contributed by atoms with E-state index >= 15 is 0 Å². The number of hydrogen-bond donors (Lipinski definition) is 1. The second-order valence-corrected chi connectivity index (χ2v) is 10.1. The van der Waals surface area contributed by atoms with Crippen LogP contribution in [0.2, 0.25) is 5.02 Å². The zero-order chi connectivity index (χ0) is 25.5. The lowest BCUT2D eigenvalue weighted by atomic mass is 9.84. The van der Waals surface area contributed by atoms with Crippen LogP contribution in [0.25, 0.3) is 5.76 Å². The van der Waals surface area contributed by atoms with Crippen molar-refractivity contribution in [2.24, 2.45) is 0 Å². The summed E-state index contributed by atoms with van der Waals surface area (Å²) in [6, 6.07) is 18.9. The average molecular weight is 490 g/mol. The van der Waals surface area contributed by atoms with E-state index in [9.17, 15) is 14.7 Å². The second-order valence-electron chi connectivity index (χ2n) is 9.68. The zero-order valence-electron chi connectivity index (χ0n) is 20.4. The standard InChI is InChI=1S/C29H28ClNO4/c1-17-11-13-20(30)16-22(17)31-25(18-9-7-6-8-10-18)24(27(33)28(31)34)26(32)19-12-14-23(35-5)21(15-19)29(2,3)4/h6-16,25,32H,1-5H3/b26-24-. The van der Waals surface area contributed by atoms with Crippen LogP contribution in [-0.2, 0) is 15.0 Å². The van der Waals surface area contributed by atoms with Gasteiger partial charge in [0.05, 0.1) is 18.7 Å². The molecule has 1 saturated heterocycles. The minimum atomic E-state index is -0.812. The van der Waals surface area contributed by atoms with Crippen LogP contribution in [0.1, 0.15) is 49.1 Å². The maximum absolute atomic E-state index is 13.4. The largest absolute Gasteiger partial charge is 0.507 e. The molecule has 1 N–H and O–H groups in total. The van der Waals surface area contributed by atoms with Crippen LogP contribution in [0.4, 0.5) is 5.69 Å². The Morgan fingerprint density at radius 1 is 1.00 bits per heavy atom. The predicted molar refractivity (Wildman–Crippen MR) is 139 cm³/mol. The van der Waals surface area contributed by atoms with Gasteiger partial charge in [0.2, 0.25) is 0 Å². The third-order valence-corrected chi connectivity index (χ3v) is 6.51. The monoisotopic (exact) mass is 489 g/mol. The molecule has 0 radical (unpaired) electrons. The van der Waals surface area contributed by atoms with Crippen molar-refractivity contribution < 1.29 is 19.4 Å². The molecule has 5 nitrogen and oxygen atoms in total. The highest BCUT2D eigenvalue weighted by Gasteiger charge is 2.47. The number of nitrogens with zero attached hydrogens (tertiary/aromatic N) is 1. The van der Waals surface area contributed by atoms with Gasteiger partial charge in [-0.25, -0.2) is 0 Å². The minimum absolute atomic E-state index is 0.0330. The molecular weight excluding hydrogens is 462 g/mol. The predicted octanol–water partition coefficient (Wildman–Crippen LogP) is 6.58. The number of aliphatic hydroxyl groups excluding tert-OH is 1. The average Bonchev–Trinajstić information content (AvgIpc) is 3.10. The van der Waals surface area contributed by atoms with E-state index in [1.165, 1.54) is 4.90 Å². The molecule has 1 atom stereocenters. The molecule has 35 heavy (non-hydrogen) atoms. The van der Waals surface area contributed by atoms with Crippen LogP contribution in [0, 0.1) is 6.92 Å². The number of carbonyl (C=O) groups excluding carboxylic acids is 2. The summed E-state index contributed by atoms with van der Waals surface area (Å²) in [5.41, 5.74) is 3.10. The molecule has 180 valence electrons. The molecule has 1 aliphatic rings. The van der Waals surface area contributed by atoms with E-state index in [2.05, 4.69) is 0 Å². The lowest BCUT2D eigenvalue weighted by Gasteiger charge is -2.27. The minimum Gasteiger partial charge on any atom is -0.507 e. The van der Waals surface area contributed by atoms with Gasteiger partial charge in [-0.3, -0.25) is 14.5 Å². The first-order valence-electron chi connectivity index (χ1n) is 11.4. The number of ketones is 1. The number of benzene rings is 3. The third-order valence-electron chi connectivity index (χ3n) is 6.27. The number of aryl methyl sites for hydroxylation is 1. The molecule has 0 bridgehead atoms. The molecule has 0 spiro atoms. The number of hydrogen-bond acceptors (Lipinski definition) is 4. The van der Waals surface area contributed by atoms with E-state index in [0.29, 0.717) is 27.6 Å². The Hall–Kier alpha value is -3.57. The molecule has 1 fully saturated rings. The van der Waals surface area contributed by atoms with Crippen molar-refractivity contribution in [3.63, 3.8) is 0 Å². The molecule has 3 aromatic carbocycles. The molecule has 1 aliphatic heterocycles. The van der Waals surface area contributed by atoms with Gasteiger partial charge >= 0.3 is 0 Å². The zero-order valence-corrected chi connectivity index (χ0v) is 21.2. The maximum atomic E-state index is 13.4. The van der Waals surface area contributed by atoms with Crippen molar-refractivity contribution in [1.82, 2.24) is 0 Å². The van der Waals surface area contributed by atoms with Crippen molar-refractivity contribution in [2.45, 2.75) is 39.2 Å². The summed E-state index contributed by atoms with van der Waals surface area (Å²) < 4.78 is 5.52. The van der Waals surface area contributed by atoms with Gasteiger partial charge in [-0.2, -0.15) is 0 Å². The van der Waals surface area contributed by atoms with Crippen LogP contribution in [-0.4, -0.2) is 23.9 Å². The molecule has 6 heteroatoms. The summed E-state index contributed by atoms with van der Waals surface area (Å²) in [7, 11) is 1.60. The van der Waals surface area contributed by atoms with Crippen molar-refractivity contribution in [1.29, 1.82) is 0 Å². The van der Waals surface area contributed by atoms with Gasteiger partial charge in [0.15, 0.2) is 0 Å². The van der Waals surface area contributed by atoms with E-state index in [0.717, 1.165) is 11.1 Å². The van der Waals surface area contributed by atoms with Gasteiger partial charge in [0, 0.05) is 21.8 Å². The van der Waals surface area contributed by atoms with Gasteiger partial charge in [-0.05, 0) is 53.8 Å². The Bertz CT molecular complexity index is 1340. The van der Waals surface area contributed by atoms with Gasteiger partial charge in [-0.15, -0.1) is 0 Å². The Labute approximate surface area is 210 Å². The topological polar surface area (TPSA) is 66.8 Å². The number of ether oxygens (including phenoxy) is 1. The Morgan fingerprint density at radius 2 is 1.69 bits per heavy atom. The summed E-state index contributed by atoms with van der Waals surface area (Å²) >= 11 is 6.26. The quantitative estimate of drug-likeness (QED) is 0.255. The highest BCUT2D eigenvalue weighted by atomic mass is 35.5. The fourth-order valence-electron chi connectivity index (χ4n) is 4.47. The smallest absolute Gasteiger partial charge is 0.300 e. The fourth-order valence-corrected chi connectivity index (χ4v) is 4.64. The van der Waals surface area contributed by atoms with Crippen LogP contribution < -0.4 is 9.64 Å². The van der Waals surface area contributed by atoms with Crippen LogP contribution >= 0.6 is 11.6 Å². The second kappa shape index (κ2) is 9.23. The third kappa shape index (κ3) is 4.44. The number of Topliss-reactive ketones (excluding diaryl/α,β-unsaturated/α-hetero) is 1. The normalized spacial score (nSPS) is 17.7. The number of rotatable bonds is 4. The summed E-state index contributed by atoms with van der Waals surface area (Å²) in [5.74, 6) is -1.00. The highest BCUT2D eigenvalue weighted by Crippen LogP contribution is 2.44. The van der Waals surface area contributed by atoms with Gasteiger partial charge in [0.25, 0.3) is 11.7 Å². The molecule has 0 aliphatic carbocycles. The number of carbonyl (C=O) groups is 2. The van der Waals surface area contributed by atoms with E-state index in [1.807, 2.05) is 64.1 Å². The number of halogens is 1. The molecule has 4 rings (SSSR count). The highest BCUT2D eigenvalue weighted by molar-refractivity contribution is 6.52. The summed E-state index contributed by atoms with van der Waals surface area (Å²) in [6.07, 6.45) is 0. The van der Waals surface area contributed by atoms with Crippen molar-refractivity contribution in [3.05, 3.63) is 99.6 Å². The molecule has 0 aromatic heterocycles. The van der Waals surface area contributed by atoms with Crippen LogP contribution in [0.5, 0.6) is 5.75 Å². The first-order chi connectivity index (χ1) is 16.5. The lowest BCUT2D eigenvalue weighted by molar-refractivity contribution is -0.132. The van der Waals surface area contributed by atoms with E-state index in [-0.39, 0.29) is 16.7 Å². The first-order valence-corrected chi connectivity index (χ1v) is 11.7. The van der Waals surface area contributed by atoms with Gasteiger partial charge in [0.1, 0.15) is 11.5 Å². The Kier molecular flexibility index (Phi) is 6.48. The van der Waals surface area contributed by atoms with Gasteiger partial charge < -0.3 is 9.84 Å². The Balaban J connectivity index is 1.98. The number of amides is 1. The summed E-state index contributed by atoms with van der Waals surface area (Å²) in [4.78, 5) is 28.2. The first kappa shape index (κ1) is 24.6. The SMILES string of the molecule is COc1ccc(/C(O)=C2/C(=O)C(=O)N(c3cc(Cl)ccc3C)C2c2ccccc2)cc1C(C)(C)C. The van der Waals surface area contributed by atoms with E-state index in [4.69, 9.17) is 16.3 Å². The molecule has 3 aromatic rings. The number of methoxy groups -OCH3 is 1. The van der Waals surface area contributed by atoms with Crippen molar-refractivity contribution >= 4 is 34.7 Å². The van der Waals surface area contributed by atoms with Crippen LogP contribution in [0.15, 0.2) is 72.3 Å². The maximum Gasteiger partial charge on any atom is 0.300 e.